The van der Waals surface area contributed by atoms with Crippen molar-refractivity contribution in [3.63, 3.8) is 0 Å². The maximum absolute atomic E-state index is 12.1. The predicted molar refractivity (Wildman–Crippen MR) is 102 cm³/mol. The zero-order chi connectivity index (χ0) is 19.2. The first-order valence-electron chi connectivity index (χ1n) is 9.38. The van der Waals surface area contributed by atoms with E-state index in [2.05, 4.69) is 15.3 Å². The van der Waals surface area contributed by atoms with Crippen LogP contribution < -0.4 is 9.64 Å². The van der Waals surface area contributed by atoms with Crippen molar-refractivity contribution in [3.05, 3.63) is 36.4 Å². The second kappa shape index (κ2) is 8.66. The molecule has 8 nitrogen and oxygen atoms in total. The second-order valence-corrected chi connectivity index (χ2v) is 6.40. The van der Waals surface area contributed by atoms with E-state index in [0.29, 0.717) is 36.2 Å². The molecule has 1 aliphatic carbocycles. The fourth-order valence-electron chi connectivity index (χ4n) is 3.44. The Hall–Kier alpha value is -2.90. The first-order chi connectivity index (χ1) is 13.2. The minimum absolute atomic E-state index is 0.323. The van der Waals surface area contributed by atoms with E-state index in [0.717, 1.165) is 18.7 Å². The van der Waals surface area contributed by atoms with Crippen LogP contribution in [-0.2, 0) is 0 Å². The largest absolute Gasteiger partial charge is 0.492 e. The Bertz CT molecular complexity index is 811. The van der Waals surface area contributed by atoms with Gasteiger partial charge in [0, 0.05) is 12.3 Å². The van der Waals surface area contributed by atoms with E-state index in [4.69, 9.17) is 4.74 Å². The number of hydrogen-bond acceptors (Lipinski definition) is 5. The van der Waals surface area contributed by atoms with Gasteiger partial charge in [-0.1, -0.05) is 31.9 Å². The molecule has 144 valence electrons. The number of benzene rings is 1. The molecule has 1 aromatic carbocycles. The summed E-state index contributed by atoms with van der Waals surface area (Å²) in [5.74, 6) is 2.00. The fourth-order valence-corrected chi connectivity index (χ4v) is 3.44. The summed E-state index contributed by atoms with van der Waals surface area (Å²) in [7, 11) is 0. The zero-order valence-electron chi connectivity index (χ0n) is 15.7. The number of ether oxygens (including phenoxy) is 1. The number of nitrogens with zero attached hydrogens (tertiary/aromatic N) is 5. The molecule has 0 spiro atoms. The number of aromatic nitrogens is 3. The Morgan fingerprint density at radius 2 is 2.07 bits per heavy atom. The van der Waals surface area contributed by atoms with Gasteiger partial charge < -0.3 is 9.84 Å². The van der Waals surface area contributed by atoms with Crippen LogP contribution in [0.5, 0.6) is 5.75 Å². The fraction of sp³-hybridized carbons (Fsp3) is 0.474. The maximum Gasteiger partial charge on any atom is 0.417 e. The standard InChI is InChI=1S/C19H25N5O3/c1-3-17(22-23-13-20-21-18(23)14-9-5-6-10-14)24(19(25)26)15-11-7-8-12-16(15)27-4-2/h7-8,11-14H,3-6,9-10H2,1-2H3,(H,25,26). The Morgan fingerprint density at radius 3 is 2.74 bits per heavy atom. The lowest BCUT2D eigenvalue weighted by atomic mass is 10.1. The molecule has 1 amide bonds. The highest BCUT2D eigenvalue weighted by Crippen LogP contribution is 2.33. The van der Waals surface area contributed by atoms with E-state index in [9.17, 15) is 9.90 Å². The van der Waals surface area contributed by atoms with Crippen molar-refractivity contribution in [2.45, 2.75) is 51.9 Å². The molecule has 1 fully saturated rings. The van der Waals surface area contributed by atoms with Gasteiger partial charge in [0.05, 0.1) is 12.3 Å². The van der Waals surface area contributed by atoms with Crippen molar-refractivity contribution < 1.29 is 14.6 Å². The highest BCUT2D eigenvalue weighted by atomic mass is 16.5. The summed E-state index contributed by atoms with van der Waals surface area (Å²) in [6, 6.07) is 7.07. The second-order valence-electron chi connectivity index (χ2n) is 6.40. The molecular formula is C19H25N5O3. The minimum Gasteiger partial charge on any atom is -0.492 e. The molecule has 0 saturated heterocycles. The highest BCUT2D eigenvalue weighted by molar-refractivity contribution is 6.14. The van der Waals surface area contributed by atoms with E-state index in [1.807, 2.05) is 19.9 Å². The SMILES string of the molecule is CCOc1ccccc1N(C(=O)O)C(CC)=Nn1cnnc1C1CCCC1. The molecule has 0 unspecified atom stereocenters. The van der Waals surface area contributed by atoms with E-state index in [1.165, 1.54) is 24.1 Å². The van der Waals surface area contributed by atoms with Crippen molar-refractivity contribution in [1.29, 1.82) is 0 Å². The van der Waals surface area contributed by atoms with E-state index in [-0.39, 0.29) is 0 Å². The molecule has 8 heteroatoms. The summed E-state index contributed by atoms with van der Waals surface area (Å²) in [6.07, 6.45) is 5.32. The number of carboxylic acid groups (broad SMARTS) is 1. The lowest BCUT2D eigenvalue weighted by Crippen LogP contribution is -2.36. The van der Waals surface area contributed by atoms with Gasteiger partial charge in [-0.15, -0.1) is 10.2 Å². The van der Waals surface area contributed by atoms with Crippen LogP contribution >= 0.6 is 0 Å². The van der Waals surface area contributed by atoms with Crippen LogP contribution in [0.4, 0.5) is 10.5 Å². The molecule has 27 heavy (non-hydrogen) atoms. The van der Waals surface area contributed by atoms with Crippen LogP contribution in [0.15, 0.2) is 35.7 Å². The summed E-state index contributed by atoms with van der Waals surface area (Å²) < 4.78 is 7.23. The highest BCUT2D eigenvalue weighted by Gasteiger charge is 2.26. The van der Waals surface area contributed by atoms with Gasteiger partial charge in [-0.3, -0.25) is 0 Å². The van der Waals surface area contributed by atoms with Gasteiger partial charge in [-0.2, -0.15) is 5.10 Å². The van der Waals surface area contributed by atoms with Gasteiger partial charge in [-0.25, -0.2) is 14.4 Å². The molecule has 0 atom stereocenters. The van der Waals surface area contributed by atoms with E-state index in [1.54, 1.807) is 22.9 Å². The van der Waals surface area contributed by atoms with Crippen molar-refractivity contribution in [2.75, 3.05) is 11.5 Å². The van der Waals surface area contributed by atoms with Gasteiger partial charge >= 0.3 is 6.09 Å². The van der Waals surface area contributed by atoms with Crippen molar-refractivity contribution in [1.82, 2.24) is 14.9 Å². The van der Waals surface area contributed by atoms with Gasteiger partial charge in [0.2, 0.25) is 0 Å². The van der Waals surface area contributed by atoms with Crippen LogP contribution in [0.3, 0.4) is 0 Å². The van der Waals surface area contributed by atoms with Gasteiger partial charge in [0.1, 0.15) is 17.9 Å². The molecule has 2 aromatic rings. The zero-order valence-corrected chi connectivity index (χ0v) is 15.7. The number of carbonyl (C=O) groups is 1. The monoisotopic (exact) mass is 371 g/mol. The van der Waals surface area contributed by atoms with Crippen LogP contribution in [0.1, 0.15) is 57.7 Å². The molecule has 0 aliphatic heterocycles. The third kappa shape index (κ3) is 4.10. The minimum atomic E-state index is -1.11. The molecule has 1 heterocycles. The Labute approximate surface area is 158 Å². The third-order valence-electron chi connectivity index (χ3n) is 4.67. The van der Waals surface area contributed by atoms with Gasteiger partial charge in [0.15, 0.2) is 5.82 Å². The number of hydrogen-bond donors (Lipinski definition) is 1. The summed E-state index contributed by atoms with van der Waals surface area (Å²) in [5, 5.41) is 22.7. The first kappa shape index (κ1) is 18.9. The van der Waals surface area contributed by atoms with Gasteiger partial charge in [0.25, 0.3) is 0 Å². The van der Waals surface area contributed by atoms with Crippen molar-refractivity contribution in [2.24, 2.45) is 5.10 Å². The lowest BCUT2D eigenvalue weighted by molar-refractivity contribution is 0.205. The summed E-state index contributed by atoms with van der Waals surface area (Å²) in [6.45, 7) is 4.18. The molecule has 1 aliphatic rings. The van der Waals surface area contributed by atoms with E-state index >= 15 is 0 Å². The molecule has 1 aromatic heterocycles. The average molecular weight is 371 g/mol. The quantitative estimate of drug-likeness (QED) is 0.610. The maximum atomic E-state index is 12.1. The average Bonchev–Trinajstić information content (AvgIpc) is 3.33. The number of rotatable bonds is 6. The topological polar surface area (TPSA) is 92.8 Å². The summed E-state index contributed by atoms with van der Waals surface area (Å²) >= 11 is 0. The summed E-state index contributed by atoms with van der Waals surface area (Å²) in [4.78, 5) is 13.2. The smallest absolute Gasteiger partial charge is 0.417 e. The van der Waals surface area contributed by atoms with Crippen molar-refractivity contribution in [3.8, 4) is 5.75 Å². The molecule has 0 radical (unpaired) electrons. The van der Waals surface area contributed by atoms with Gasteiger partial charge in [-0.05, 0) is 31.9 Å². The molecule has 1 N–H and O–H groups in total. The van der Waals surface area contributed by atoms with Crippen molar-refractivity contribution >= 4 is 17.6 Å². The first-order valence-corrected chi connectivity index (χ1v) is 9.38. The molecule has 0 bridgehead atoms. The number of amidine groups is 1. The van der Waals surface area contributed by atoms with Crippen LogP contribution in [0.2, 0.25) is 0 Å². The van der Waals surface area contributed by atoms with Crippen LogP contribution in [-0.4, -0.2) is 38.5 Å². The molecule has 3 rings (SSSR count). The predicted octanol–water partition coefficient (Wildman–Crippen LogP) is 4.09. The number of amides is 1. The Balaban J connectivity index is 2.01. The molecule has 1 saturated carbocycles. The lowest BCUT2D eigenvalue weighted by Gasteiger charge is -2.23. The Morgan fingerprint density at radius 1 is 1.33 bits per heavy atom. The number of para-hydroxylation sites is 2. The van der Waals surface area contributed by atoms with Crippen LogP contribution in [0.25, 0.3) is 0 Å². The summed E-state index contributed by atoms with van der Waals surface area (Å²) in [5.41, 5.74) is 0.447. The van der Waals surface area contributed by atoms with E-state index < -0.39 is 6.09 Å². The normalized spacial score (nSPS) is 15.1. The Kier molecular flexibility index (Phi) is 6.05. The number of anilines is 1. The van der Waals surface area contributed by atoms with Crippen LogP contribution in [0, 0.1) is 0 Å². The molecular weight excluding hydrogens is 346 g/mol. The third-order valence-corrected chi connectivity index (χ3v) is 4.67.